The predicted octanol–water partition coefficient (Wildman–Crippen LogP) is 3.94. The third-order valence-corrected chi connectivity index (χ3v) is 4.95. The lowest BCUT2D eigenvalue weighted by Crippen LogP contribution is -2.27. The molecular formula is C20H17NO5S. The first-order chi connectivity index (χ1) is 12.7. The Balaban J connectivity index is 1.86. The molecule has 1 aliphatic rings. The summed E-state index contributed by atoms with van der Waals surface area (Å²) in [6.07, 6.45) is 1.46. The van der Waals surface area contributed by atoms with Gasteiger partial charge in [-0.2, -0.15) is 0 Å². The number of carbonyl (C=O) groups excluding carboxylic acids is 2. The summed E-state index contributed by atoms with van der Waals surface area (Å²) in [7, 11) is 0. The van der Waals surface area contributed by atoms with Crippen LogP contribution in [0.2, 0.25) is 0 Å². The molecular weight excluding hydrogens is 366 g/mol. The molecule has 0 atom stereocenters. The molecule has 27 heavy (non-hydrogen) atoms. The number of benzene rings is 2. The number of aryl methyl sites for hydroxylation is 2. The lowest BCUT2D eigenvalue weighted by molar-refractivity contribution is -0.123. The molecule has 6 nitrogen and oxygen atoms in total. The van der Waals surface area contributed by atoms with Crippen LogP contribution >= 0.6 is 11.8 Å². The number of imide groups is 1. The van der Waals surface area contributed by atoms with Crippen LogP contribution in [0.15, 0.2) is 41.3 Å². The third kappa shape index (κ3) is 4.03. The Bertz CT molecular complexity index is 976. The second-order valence-corrected chi connectivity index (χ2v) is 7.34. The number of amides is 2. The summed E-state index contributed by atoms with van der Waals surface area (Å²) in [5, 5.41) is 18.3. The number of phenols is 1. The molecule has 0 unspecified atom stereocenters. The third-order valence-electron chi connectivity index (χ3n) is 4.04. The number of aromatic carboxylic acids is 1. The van der Waals surface area contributed by atoms with Gasteiger partial charge in [-0.05, 0) is 54.9 Å². The summed E-state index contributed by atoms with van der Waals surface area (Å²) in [6.45, 7) is 4.09. The average Bonchev–Trinajstić information content (AvgIpc) is 2.83. The first-order valence-electron chi connectivity index (χ1n) is 8.13. The van der Waals surface area contributed by atoms with Gasteiger partial charge in [-0.25, -0.2) is 4.79 Å². The Morgan fingerprint density at radius 1 is 1.11 bits per heavy atom. The fraction of sp³-hybridized carbons (Fsp3) is 0.150. The maximum atomic E-state index is 12.6. The summed E-state index contributed by atoms with van der Waals surface area (Å²) in [4.78, 5) is 37.4. The monoisotopic (exact) mass is 383 g/mol. The molecule has 0 aromatic heterocycles. The second-order valence-electron chi connectivity index (χ2n) is 6.35. The van der Waals surface area contributed by atoms with Gasteiger partial charge < -0.3 is 10.2 Å². The van der Waals surface area contributed by atoms with Crippen molar-refractivity contribution in [2.45, 2.75) is 20.4 Å². The first kappa shape index (κ1) is 18.7. The lowest BCUT2D eigenvalue weighted by atomic mass is 10.1. The van der Waals surface area contributed by atoms with Gasteiger partial charge in [0.2, 0.25) is 0 Å². The van der Waals surface area contributed by atoms with Crippen LogP contribution in [0, 0.1) is 13.8 Å². The smallest absolute Gasteiger partial charge is 0.339 e. The Kier molecular flexibility index (Phi) is 5.05. The number of hydrogen-bond acceptors (Lipinski definition) is 5. The molecule has 2 amide bonds. The van der Waals surface area contributed by atoms with E-state index in [0.717, 1.165) is 28.5 Å². The van der Waals surface area contributed by atoms with Gasteiger partial charge in [-0.15, -0.1) is 0 Å². The van der Waals surface area contributed by atoms with Gasteiger partial charge in [0.15, 0.2) is 0 Å². The van der Waals surface area contributed by atoms with Crippen LogP contribution in [0.25, 0.3) is 6.08 Å². The van der Waals surface area contributed by atoms with Gasteiger partial charge in [0.1, 0.15) is 11.3 Å². The Hall–Kier alpha value is -3.06. The second kappa shape index (κ2) is 7.28. The molecule has 0 saturated carbocycles. The van der Waals surface area contributed by atoms with Crippen molar-refractivity contribution in [3.63, 3.8) is 0 Å². The van der Waals surface area contributed by atoms with Crippen molar-refractivity contribution < 1.29 is 24.6 Å². The molecule has 1 aliphatic heterocycles. The molecule has 0 radical (unpaired) electrons. The summed E-state index contributed by atoms with van der Waals surface area (Å²) in [5.41, 5.74) is 3.13. The number of carboxylic acids is 1. The number of aromatic hydroxyl groups is 1. The van der Waals surface area contributed by atoms with Crippen molar-refractivity contribution in [1.82, 2.24) is 4.90 Å². The van der Waals surface area contributed by atoms with E-state index < -0.39 is 11.9 Å². The minimum atomic E-state index is -1.27. The maximum absolute atomic E-state index is 12.6. The van der Waals surface area contributed by atoms with E-state index in [1.807, 2.05) is 32.0 Å². The van der Waals surface area contributed by atoms with E-state index in [-0.39, 0.29) is 28.0 Å². The summed E-state index contributed by atoms with van der Waals surface area (Å²) in [5.74, 6) is -2.05. The first-order valence-corrected chi connectivity index (χ1v) is 8.95. The van der Waals surface area contributed by atoms with E-state index in [0.29, 0.717) is 5.56 Å². The van der Waals surface area contributed by atoms with E-state index in [4.69, 9.17) is 5.11 Å². The number of thioether (sulfide) groups is 1. The molecule has 2 aromatic carbocycles. The van der Waals surface area contributed by atoms with E-state index in [1.54, 1.807) is 0 Å². The molecule has 2 aromatic rings. The van der Waals surface area contributed by atoms with E-state index in [2.05, 4.69) is 0 Å². The van der Waals surface area contributed by atoms with Gasteiger partial charge in [-0.3, -0.25) is 14.5 Å². The largest absolute Gasteiger partial charge is 0.507 e. The molecule has 3 rings (SSSR count). The highest BCUT2D eigenvalue weighted by Gasteiger charge is 2.35. The highest BCUT2D eigenvalue weighted by molar-refractivity contribution is 8.18. The minimum Gasteiger partial charge on any atom is -0.507 e. The SMILES string of the molecule is Cc1cc(C)cc(CN2C(=O)S/C(=C\c3ccc(O)c(C(=O)O)c3)C2=O)c1. The van der Waals surface area contributed by atoms with Gasteiger partial charge in [0.05, 0.1) is 11.4 Å². The van der Waals surface area contributed by atoms with Crippen LogP contribution < -0.4 is 0 Å². The van der Waals surface area contributed by atoms with Crippen molar-refractivity contribution in [2.24, 2.45) is 0 Å². The minimum absolute atomic E-state index is 0.181. The summed E-state index contributed by atoms with van der Waals surface area (Å²) >= 11 is 0.811. The highest BCUT2D eigenvalue weighted by atomic mass is 32.2. The molecule has 0 aliphatic carbocycles. The normalized spacial score (nSPS) is 15.6. The van der Waals surface area contributed by atoms with Crippen molar-refractivity contribution in [3.8, 4) is 5.75 Å². The Morgan fingerprint density at radius 2 is 1.78 bits per heavy atom. The van der Waals surface area contributed by atoms with Crippen molar-refractivity contribution in [2.75, 3.05) is 0 Å². The standard InChI is InChI=1S/C20H17NO5S/c1-11-5-12(2)7-14(6-11)10-21-18(23)17(27-20(21)26)9-13-3-4-16(22)15(8-13)19(24)25/h3-9,22H,10H2,1-2H3,(H,24,25)/b17-9-. The van der Waals surface area contributed by atoms with Crippen molar-refractivity contribution >= 4 is 35.0 Å². The van der Waals surface area contributed by atoms with Gasteiger partial charge in [0.25, 0.3) is 11.1 Å². The van der Waals surface area contributed by atoms with Crippen LogP contribution in [0.4, 0.5) is 4.79 Å². The van der Waals surface area contributed by atoms with Crippen LogP contribution in [-0.4, -0.2) is 32.2 Å². The highest BCUT2D eigenvalue weighted by Crippen LogP contribution is 2.34. The molecule has 7 heteroatoms. The Morgan fingerprint density at radius 3 is 2.41 bits per heavy atom. The summed E-state index contributed by atoms with van der Waals surface area (Å²) < 4.78 is 0. The lowest BCUT2D eigenvalue weighted by Gasteiger charge is -2.13. The van der Waals surface area contributed by atoms with E-state index >= 15 is 0 Å². The predicted molar refractivity (Wildman–Crippen MR) is 102 cm³/mol. The number of hydrogen-bond donors (Lipinski definition) is 2. The molecule has 1 fully saturated rings. The van der Waals surface area contributed by atoms with Gasteiger partial charge in [-0.1, -0.05) is 35.4 Å². The number of nitrogens with zero attached hydrogens (tertiary/aromatic N) is 1. The van der Waals surface area contributed by atoms with Crippen molar-refractivity contribution in [1.29, 1.82) is 0 Å². The van der Waals surface area contributed by atoms with Crippen molar-refractivity contribution in [3.05, 3.63) is 69.1 Å². The molecule has 138 valence electrons. The molecule has 0 bridgehead atoms. The van der Waals surface area contributed by atoms with Crippen LogP contribution in [-0.2, 0) is 11.3 Å². The van der Waals surface area contributed by atoms with E-state index in [9.17, 15) is 19.5 Å². The maximum Gasteiger partial charge on any atom is 0.339 e. The average molecular weight is 383 g/mol. The summed E-state index contributed by atoms with van der Waals surface area (Å²) in [6, 6.07) is 9.87. The molecule has 2 N–H and O–H groups in total. The number of rotatable bonds is 4. The Labute approximate surface area is 160 Å². The number of carbonyl (C=O) groups is 3. The molecule has 1 saturated heterocycles. The zero-order valence-electron chi connectivity index (χ0n) is 14.7. The fourth-order valence-corrected chi connectivity index (χ4v) is 3.78. The van der Waals surface area contributed by atoms with Crippen LogP contribution in [0.1, 0.15) is 32.6 Å². The zero-order chi connectivity index (χ0) is 19.7. The number of carboxylic acid groups (broad SMARTS) is 1. The quantitative estimate of drug-likeness (QED) is 0.777. The zero-order valence-corrected chi connectivity index (χ0v) is 15.5. The fourth-order valence-electron chi connectivity index (χ4n) is 2.95. The topological polar surface area (TPSA) is 94.9 Å². The van der Waals surface area contributed by atoms with Crippen LogP contribution in [0.3, 0.4) is 0 Å². The molecule has 1 heterocycles. The van der Waals surface area contributed by atoms with Crippen LogP contribution in [0.5, 0.6) is 5.75 Å². The van der Waals surface area contributed by atoms with Gasteiger partial charge in [0, 0.05) is 0 Å². The molecule has 0 spiro atoms. The van der Waals surface area contributed by atoms with Gasteiger partial charge >= 0.3 is 5.97 Å². The van der Waals surface area contributed by atoms with E-state index in [1.165, 1.54) is 29.2 Å².